The second kappa shape index (κ2) is 17.7. The molecule has 4 aromatic rings. The first-order valence-electron chi connectivity index (χ1n) is 19.3. The number of benzene rings is 4. The van der Waals surface area contributed by atoms with Crippen molar-refractivity contribution >= 4 is 23.5 Å². The molecule has 278 valence electrons. The number of fused-ring (bicyclic) bond motifs is 2. The highest BCUT2D eigenvalue weighted by atomic mass is 16.5. The summed E-state index contributed by atoms with van der Waals surface area (Å²) in [6, 6.07) is 31.7. The molecular weight excluding hydrogens is 663 g/mol. The normalized spacial score (nSPS) is 15.0. The van der Waals surface area contributed by atoms with Crippen LogP contribution in [0.4, 0.5) is 5.69 Å². The molecule has 53 heavy (non-hydrogen) atoms. The van der Waals surface area contributed by atoms with Gasteiger partial charge in [-0.2, -0.15) is 0 Å². The molecule has 1 N–H and O–H groups in total. The van der Waals surface area contributed by atoms with Crippen LogP contribution >= 0.6 is 0 Å². The Morgan fingerprint density at radius 2 is 1.42 bits per heavy atom. The second-order valence-electron chi connectivity index (χ2n) is 15.6. The molecule has 4 aromatic carbocycles. The monoisotopic (exact) mass is 715 g/mol. The number of anilines is 1. The Bertz CT molecular complexity index is 1810. The van der Waals surface area contributed by atoms with Gasteiger partial charge >= 0.3 is 11.9 Å². The van der Waals surface area contributed by atoms with Gasteiger partial charge in [0.15, 0.2) is 0 Å². The van der Waals surface area contributed by atoms with Crippen LogP contribution < -0.4 is 10.1 Å². The number of para-hydroxylation sites is 2. The standard InChI is InChI=1S/C46H53NO6/c1-46(2,3)39-25-23-33(29-40(39)47-43(48)30-38-36-18-10-12-20-41(36)53-42-21-13-11-19-37(38)42)22-24-35(28-32-14-6-4-7-15-32)52-45(50)27-26-44(49)51-31-34-16-8-5-9-17-34/h5,8-13,16-21,23,25,29,32,35,38H,4,6-7,14-15,22,24,26-28,30-31H2,1-3H3,(H,47,48)/t35-/m0/s1. The molecule has 0 saturated heterocycles. The highest BCUT2D eigenvalue weighted by molar-refractivity contribution is 5.93. The van der Waals surface area contributed by atoms with E-state index in [-0.39, 0.29) is 55.2 Å². The summed E-state index contributed by atoms with van der Waals surface area (Å²) in [5.41, 5.74) is 5.67. The van der Waals surface area contributed by atoms with Crippen LogP contribution in [0.2, 0.25) is 0 Å². The number of rotatable bonds is 14. The molecule has 0 spiro atoms. The third kappa shape index (κ3) is 10.6. The minimum atomic E-state index is -0.409. The van der Waals surface area contributed by atoms with Crippen LogP contribution in [-0.2, 0) is 42.3 Å². The number of esters is 2. The van der Waals surface area contributed by atoms with E-state index in [9.17, 15) is 14.4 Å². The summed E-state index contributed by atoms with van der Waals surface area (Å²) in [7, 11) is 0. The van der Waals surface area contributed by atoms with Crippen molar-refractivity contribution in [1.82, 2.24) is 0 Å². The van der Waals surface area contributed by atoms with E-state index in [0.29, 0.717) is 18.8 Å². The number of aryl methyl sites for hydroxylation is 1. The summed E-state index contributed by atoms with van der Waals surface area (Å²) < 4.78 is 17.6. The highest BCUT2D eigenvalue weighted by Crippen LogP contribution is 2.45. The Labute approximate surface area is 314 Å². The van der Waals surface area contributed by atoms with E-state index < -0.39 is 5.97 Å². The lowest BCUT2D eigenvalue weighted by atomic mass is 9.83. The molecule has 1 fully saturated rings. The largest absolute Gasteiger partial charge is 0.462 e. The van der Waals surface area contributed by atoms with E-state index in [1.54, 1.807) is 0 Å². The quantitative estimate of drug-likeness (QED) is 0.131. The van der Waals surface area contributed by atoms with Gasteiger partial charge in [0, 0.05) is 29.2 Å². The van der Waals surface area contributed by atoms with E-state index in [4.69, 9.17) is 14.2 Å². The van der Waals surface area contributed by atoms with Crippen LogP contribution in [0.5, 0.6) is 11.5 Å². The minimum Gasteiger partial charge on any atom is -0.462 e. The van der Waals surface area contributed by atoms with Crippen LogP contribution in [0.15, 0.2) is 97.1 Å². The predicted molar refractivity (Wildman–Crippen MR) is 208 cm³/mol. The van der Waals surface area contributed by atoms with Gasteiger partial charge in [-0.05, 0) is 65.5 Å². The van der Waals surface area contributed by atoms with E-state index in [2.05, 4.69) is 44.3 Å². The van der Waals surface area contributed by atoms with Gasteiger partial charge in [-0.15, -0.1) is 0 Å². The van der Waals surface area contributed by atoms with Gasteiger partial charge in [-0.25, -0.2) is 0 Å². The van der Waals surface area contributed by atoms with Crippen molar-refractivity contribution < 1.29 is 28.6 Å². The average molecular weight is 716 g/mol. The van der Waals surface area contributed by atoms with Crippen molar-refractivity contribution in [2.45, 2.75) is 115 Å². The van der Waals surface area contributed by atoms with Gasteiger partial charge in [0.25, 0.3) is 0 Å². The first kappa shape index (κ1) is 37.8. The zero-order valence-electron chi connectivity index (χ0n) is 31.4. The minimum absolute atomic E-state index is 0.00663. The number of hydrogen-bond acceptors (Lipinski definition) is 6. The van der Waals surface area contributed by atoms with Gasteiger partial charge in [0.1, 0.15) is 24.2 Å². The predicted octanol–water partition coefficient (Wildman–Crippen LogP) is 10.6. The molecule has 1 atom stereocenters. The van der Waals surface area contributed by atoms with E-state index in [0.717, 1.165) is 64.3 Å². The van der Waals surface area contributed by atoms with Crippen LogP contribution in [-0.4, -0.2) is 23.9 Å². The first-order valence-corrected chi connectivity index (χ1v) is 19.3. The molecule has 1 amide bonds. The fourth-order valence-electron chi connectivity index (χ4n) is 7.73. The van der Waals surface area contributed by atoms with Crippen molar-refractivity contribution in [1.29, 1.82) is 0 Å². The van der Waals surface area contributed by atoms with Gasteiger partial charge in [0.2, 0.25) is 5.91 Å². The maximum absolute atomic E-state index is 13.9. The molecule has 0 radical (unpaired) electrons. The smallest absolute Gasteiger partial charge is 0.306 e. The van der Waals surface area contributed by atoms with E-state index in [1.807, 2.05) is 78.9 Å². The van der Waals surface area contributed by atoms with Crippen molar-refractivity contribution in [2.75, 3.05) is 5.32 Å². The van der Waals surface area contributed by atoms with E-state index >= 15 is 0 Å². The maximum atomic E-state index is 13.9. The summed E-state index contributed by atoms with van der Waals surface area (Å²) in [6.45, 7) is 6.64. The fraction of sp³-hybridized carbons (Fsp3) is 0.413. The molecule has 1 saturated carbocycles. The van der Waals surface area contributed by atoms with Gasteiger partial charge in [0.05, 0.1) is 12.8 Å². The Morgan fingerprint density at radius 3 is 2.09 bits per heavy atom. The second-order valence-corrected chi connectivity index (χ2v) is 15.6. The Morgan fingerprint density at radius 1 is 0.774 bits per heavy atom. The summed E-state index contributed by atoms with van der Waals surface area (Å²) in [5.74, 6) is 1.13. The molecule has 1 heterocycles. The zero-order chi connectivity index (χ0) is 37.2. The molecule has 1 aliphatic carbocycles. The summed E-state index contributed by atoms with van der Waals surface area (Å²) in [6.07, 6.45) is 8.17. The number of ether oxygens (including phenoxy) is 3. The third-order valence-corrected chi connectivity index (χ3v) is 10.5. The Balaban J connectivity index is 1.11. The van der Waals surface area contributed by atoms with Crippen LogP contribution in [0.25, 0.3) is 0 Å². The van der Waals surface area contributed by atoms with Crippen LogP contribution in [0, 0.1) is 5.92 Å². The number of carbonyl (C=O) groups is 3. The lowest BCUT2D eigenvalue weighted by Crippen LogP contribution is -2.24. The van der Waals surface area contributed by atoms with Crippen molar-refractivity contribution in [3.8, 4) is 11.5 Å². The van der Waals surface area contributed by atoms with Crippen molar-refractivity contribution in [3.63, 3.8) is 0 Å². The number of amides is 1. The molecule has 0 bridgehead atoms. The molecule has 6 rings (SSSR count). The lowest BCUT2D eigenvalue weighted by molar-refractivity contribution is -0.155. The Kier molecular flexibility index (Phi) is 12.7. The molecule has 1 aliphatic heterocycles. The number of nitrogens with one attached hydrogen (secondary N) is 1. The summed E-state index contributed by atoms with van der Waals surface area (Å²) in [5, 5.41) is 3.29. The summed E-state index contributed by atoms with van der Waals surface area (Å²) >= 11 is 0. The van der Waals surface area contributed by atoms with Crippen molar-refractivity contribution in [2.24, 2.45) is 5.92 Å². The molecule has 7 heteroatoms. The molecule has 2 aliphatic rings. The number of hydrogen-bond donors (Lipinski definition) is 1. The molecule has 0 unspecified atom stereocenters. The number of carbonyl (C=O) groups excluding carboxylic acids is 3. The molecule has 7 nitrogen and oxygen atoms in total. The van der Waals surface area contributed by atoms with Crippen molar-refractivity contribution in [3.05, 3.63) is 125 Å². The van der Waals surface area contributed by atoms with Gasteiger partial charge < -0.3 is 19.5 Å². The maximum Gasteiger partial charge on any atom is 0.306 e. The van der Waals surface area contributed by atoms with Gasteiger partial charge in [-0.3, -0.25) is 14.4 Å². The van der Waals surface area contributed by atoms with Crippen LogP contribution in [0.3, 0.4) is 0 Å². The van der Waals surface area contributed by atoms with Crippen LogP contribution in [0.1, 0.15) is 119 Å². The SMILES string of the molecule is CC(C)(C)c1ccc(CC[C@@H](CC2CCCCC2)OC(=O)CCC(=O)OCc2ccccc2)cc1NC(=O)CC1c2ccccc2Oc2ccccc21. The third-order valence-electron chi connectivity index (χ3n) is 10.5. The first-order chi connectivity index (χ1) is 25.6. The lowest BCUT2D eigenvalue weighted by Gasteiger charge is -2.29. The molecular formula is C46H53NO6. The average Bonchev–Trinajstić information content (AvgIpc) is 3.15. The molecule has 0 aromatic heterocycles. The van der Waals surface area contributed by atoms with E-state index in [1.165, 1.54) is 19.3 Å². The van der Waals surface area contributed by atoms with Gasteiger partial charge in [-0.1, -0.05) is 132 Å². The fourth-order valence-corrected chi connectivity index (χ4v) is 7.73. The highest BCUT2D eigenvalue weighted by Gasteiger charge is 2.30. The zero-order valence-corrected chi connectivity index (χ0v) is 31.4. The topological polar surface area (TPSA) is 90.9 Å². The Hall–Kier alpha value is -4.91. The summed E-state index contributed by atoms with van der Waals surface area (Å²) in [4.78, 5) is 39.3.